The molecule has 0 bridgehead atoms. The van der Waals surface area contributed by atoms with Crippen molar-refractivity contribution in [2.24, 2.45) is 5.73 Å². The fourth-order valence-corrected chi connectivity index (χ4v) is 1.68. The van der Waals surface area contributed by atoms with E-state index in [0.717, 1.165) is 5.56 Å². The standard InChI is InChI=1S/C13H18ClN3O3/c1-3-16-13(19)17-12(18)8(2)20-11-5-4-9(7-15)6-10(11)14/h4-6,8H,3,7,15H2,1-2H3,(H2,16,17,18,19). The number of hydrogen-bond acceptors (Lipinski definition) is 4. The van der Waals surface area contributed by atoms with Crippen molar-refractivity contribution in [2.75, 3.05) is 6.54 Å². The topological polar surface area (TPSA) is 93.5 Å². The maximum atomic E-state index is 11.7. The van der Waals surface area contributed by atoms with Crippen LogP contribution in [0.2, 0.25) is 5.02 Å². The highest BCUT2D eigenvalue weighted by Gasteiger charge is 2.18. The highest BCUT2D eigenvalue weighted by molar-refractivity contribution is 6.32. The summed E-state index contributed by atoms with van der Waals surface area (Å²) in [5.41, 5.74) is 6.36. The van der Waals surface area contributed by atoms with E-state index in [1.165, 1.54) is 6.92 Å². The van der Waals surface area contributed by atoms with Gasteiger partial charge in [-0.3, -0.25) is 10.1 Å². The molecule has 0 aliphatic carbocycles. The lowest BCUT2D eigenvalue weighted by Crippen LogP contribution is -2.45. The van der Waals surface area contributed by atoms with Crippen LogP contribution in [0.4, 0.5) is 4.79 Å². The van der Waals surface area contributed by atoms with E-state index in [-0.39, 0.29) is 0 Å². The smallest absolute Gasteiger partial charge is 0.321 e. The molecule has 1 rings (SSSR count). The Morgan fingerprint density at radius 1 is 1.45 bits per heavy atom. The van der Waals surface area contributed by atoms with Gasteiger partial charge in [0.05, 0.1) is 5.02 Å². The number of urea groups is 1. The number of benzene rings is 1. The number of imide groups is 1. The number of nitrogens with two attached hydrogens (primary N) is 1. The van der Waals surface area contributed by atoms with Crippen LogP contribution in [-0.2, 0) is 11.3 Å². The molecular formula is C13H18ClN3O3. The molecule has 7 heteroatoms. The summed E-state index contributed by atoms with van der Waals surface area (Å²) in [6.45, 7) is 4.08. The SMILES string of the molecule is CCNC(=O)NC(=O)C(C)Oc1ccc(CN)cc1Cl. The minimum absolute atomic E-state index is 0.363. The van der Waals surface area contributed by atoms with Gasteiger partial charge in [-0.1, -0.05) is 17.7 Å². The van der Waals surface area contributed by atoms with Gasteiger partial charge in [-0.15, -0.1) is 0 Å². The lowest BCUT2D eigenvalue weighted by atomic mass is 10.2. The van der Waals surface area contributed by atoms with E-state index >= 15 is 0 Å². The van der Waals surface area contributed by atoms with Gasteiger partial charge in [0.1, 0.15) is 5.75 Å². The van der Waals surface area contributed by atoms with Gasteiger partial charge in [0, 0.05) is 13.1 Å². The van der Waals surface area contributed by atoms with Gasteiger partial charge in [-0.2, -0.15) is 0 Å². The largest absolute Gasteiger partial charge is 0.479 e. The molecule has 0 aromatic heterocycles. The van der Waals surface area contributed by atoms with Gasteiger partial charge in [0.25, 0.3) is 5.91 Å². The Labute approximate surface area is 122 Å². The number of nitrogens with one attached hydrogen (secondary N) is 2. The quantitative estimate of drug-likeness (QED) is 0.766. The van der Waals surface area contributed by atoms with Crippen LogP contribution in [0.25, 0.3) is 0 Å². The third-order valence-electron chi connectivity index (χ3n) is 2.48. The minimum Gasteiger partial charge on any atom is -0.479 e. The van der Waals surface area contributed by atoms with Crippen molar-refractivity contribution < 1.29 is 14.3 Å². The monoisotopic (exact) mass is 299 g/mol. The summed E-state index contributed by atoms with van der Waals surface area (Å²) in [5, 5.41) is 4.99. The fraction of sp³-hybridized carbons (Fsp3) is 0.385. The van der Waals surface area contributed by atoms with E-state index in [2.05, 4.69) is 10.6 Å². The summed E-state index contributed by atoms with van der Waals surface area (Å²) < 4.78 is 5.42. The molecule has 20 heavy (non-hydrogen) atoms. The maximum Gasteiger partial charge on any atom is 0.321 e. The van der Waals surface area contributed by atoms with Crippen LogP contribution in [0, 0.1) is 0 Å². The first kappa shape index (κ1) is 16.3. The lowest BCUT2D eigenvalue weighted by molar-refractivity contribution is -0.126. The van der Waals surface area contributed by atoms with Gasteiger partial charge in [0.2, 0.25) is 0 Å². The Morgan fingerprint density at radius 2 is 2.15 bits per heavy atom. The number of carbonyl (C=O) groups excluding carboxylic acids is 2. The Hall–Kier alpha value is -1.79. The highest BCUT2D eigenvalue weighted by Crippen LogP contribution is 2.26. The molecule has 3 amide bonds. The van der Waals surface area contributed by atoms with Crippen LogP contribution >= 0.6 is 11.6 Å². The number of carbonyl (C=O) groups is 2. The number of rotatable bonds is 5. The predicted molar refractivity (Wildman–Crippen MR) is 76.6 cm³/mol. The lowest BCUT2D eigenvalue weighted by Gasteiger charge is -2.15. The van der Waals surface area contributed by atoms with Crippen molar-refractivity contribution in [3.63, 3.8) is 0 Å². The molecule has 0 fully saturated rings. The van der Waals surface area contributed by atoms with Crippen LogP contribution in [0.3, 0.4) is 0 Å². The van der Waals surface area contributed by atoms with Gasteiger partial charge in [-0.05, 0) is 31.5 Å². The molecule has 1 aromatic carbocycles. The summed E-state index contributed by atoms with van der Waals surface area (Å²) in [6.07, 6.45) is -0.848. The van der Waals surface area contributed by atoms with Crippen LogP contribution in [0.5, 0.6) is 5.75 Å². The van der Waals surface area contributed by atoms with E-state index in [4.69, 9.17) is 22.1 Å². The summed E-state index contributed by atoms with van der Waals surface area (Å²) in [6, 6.07) is 4.51. The molecule has 0 aliphatic heterocycles. The first-order valence-electron chi connectivity index (χ1n) is 6.21. The van der Waals surface area contributed by atoms with Gasteiger partial charge < -0.3 is 15.8 Å². The second-order valence-electron chi connectivity index (χ2n) is 4.08. The average molecular weight is 300 g/mol. The minimum atomic E-state index is -0.848. The molecule has 1 aromatic rings. The normalized spacial score (nSPS) is 11.6. The zero-order chi connectivity index (χ0) is 15.1. The van der Waals surface area contributed by atoms with Crippen molar-refractivity contribution in [3.8, 4) is 5.75 Å². The van der Waals surface area contributed by atoms with Crippen molar-refractivity contribution in [1.29, 1.82) is 0 Å². The third-order valence-corrected chi connectivity index (χ3v) is 2.77. The third kappa shape index (κ3) is 4.71. The van der Waals surface area contributed by atoms with E-state index in [1.807, 2.05) is 0 Å². The highest BCUT2D eigenvalue weighted by atomic mass is 35.5. The van der Waals surface area contributed by atoms with Gasteiger partial charge in [-0.25, -0.2) is 4.79 Å². The molecule has 4 N–H and O–H groups in total. The molecule has 0 radical (unpaired) electrons. The molecule has 1 unspecified atom stereocenters. The van der Waals surface area contributed by atoms with Crippen molar-refractivity contribution >= 4 is 23.5 Å². The van der Waals surface area contributed by atoms with E-state index in [0.29, 0.717) is 23.9 Å². The molecular weight excluding hydrogens is 282 g/mol. The Balaban J connectivity index is 2.63. The number of ether oxygens (including phenoxy) is 1. The molecule has 110 valence electrons. The second kappa shape index (κ2) is 7.72. The summed E-state index contributed by atoms with van der Waals surface area (Å²) in [7, 11) is 0. The number of hydrogen-bond donors (Lipinski definition) is 3. The molecule has 6 nitrogen and oxygen atoms in total. The zero-order valence-corrected chi connectivity index (χ0v) is 12.2. The first-order chi connectivity index (χ1) is 9.47. The summed E-state index contributed by atoms with van der Waals surface area (Å²) in [4.78, 5) is 22.9. The van der Waals surface area contributed by atoms with E-state index in [1.54, 1.807) is 25.1 Å². The fourth-order valence-electron chi connectivity index (χ4n) is 1.43. The molecule has 0 saturated carbocycles. The summed E-state index contributed by atoms with van der Waals surface area (Å²) in [5.74, 6) is -0.183. The Kier molecular flexibility index (Phi) is 6.27. The number of amides is 3. The van der Waals surface area contributed by atoms with Crippen molar-refractivity contribution in [2.45, 2.75) is 26.5 Å². The van der Waals surface area contributed by atoms with Crippen LogP contribution < -0.4 is 21.1 Å². The number of halogens is 1. The van der Waals surface area contributed by atoms with Crippen molar-refractivity contribution in [3.05, 3.63) is 28.8 Å². The van der Waals surface area contributed by atoms with Crippen LogP contribution in [0.15, 0.2) is 18.2 Å². The van der Waals surface area contributed by atoms with E-state index in [9.17, 15) is 9.59 Å². The van der Waals surface area contributed by atoms with Gasteiger partial charge in [0.15, 0.2) is 6.10 Å². The van der Waals surface area contributed by atoms with E-state index < -0.39 is 18.0 Å². The molecule has 0 saturated heterocycles. The zero-order valence-electron chi connectivity index (χ0n) is 11.4. The maximum absolute atomic E-state index is 11.7. The first-order valence-corrected chi connectivity index (χ1v) is 6.59. The molecule has 0 heterocycles. The average Bonchev–Trinajstić information content (AvgIpc) is 2.41. The Morgan fingerprint density at radius 3 is 2.70 bits per heavy atom. The predicted octanol–water partition coefficient (Wildman–Crippen LogP) is 1.41. The molecule has 1 atom stereocenters. The summed E-state index contributed by atoms with van der Waals surface area (Å²) >= 11 is 6.02. The second-order valence-corrected chi connectivity index (χ2v) is 4.48. The van der Waals surface area contributed by atoms with Crippen LogP contribution in [-0.4, -0.2) is 24.6 Å². The Bertz CT molecular complexity index is 494. The van der Waals surface area contributed by atoms with Crippen LogP contribution in [0.1, 0.15) is 19.4 Å². The van der Waals surface area contributed by atoms with Gasteiger partial charge >= 0.3 is 6.03 Å². The van der Waals surface area contributed by atoms with Crippen molar-refractivity contribution in [1.82, 2.24) is 10.6 Å². The molecule has 0 spiro atoms. The molecule has 0 aliphatic rings.